The molecular formula is C13H20N2O2S. The van der Waals surface area contributed by atoms with Crippen LogP contribution in [-0.4, -0.2) is 26.3 Å². The van der Waals surface area contributed by atoms with Crippen molar-refractivity contribution in [2.24, 2.45) is 11.8 Å². The molecule has 0 aliphatic heterocycles. The fourth-order valence-corrected chi connectivity index (χ4v) is 3.64. The molecule has 18 heavy (non-hydrogen) atoms. The van der Waals surface area contributed by atoms with E-state index in [1.54, 1.807) is 32.2 Å². The molecule has 1 aliphatic rings. The first kappa shape index (κ1) is 13.4. The predicted octanol–water partition coefficient (Wildman–Crippen LogP) is 1.85. The minimum Gasteiger partial charge on any atom is -0.398 e. The van der Waals surface area contributed by atoms with Gasteiger partial charge in [-0.15, -0.1) is 0 Å². The average molecular weight is 268 g/mol. The van der Waals surface area contributed by atoms with Crippen molar-refractivity contribution in [2.75, 3.05) is 19.3 Å². The molecule has 2 atom stereocenters. The summed E-state index contributed by atoms with van der Waals surface area (Å²) >= 11 is 0. The van der Waals surface area contributed by atoms with Gasteiger partial charge in [0.1, 0.15) is 0 Å². The number of rotatable bonds is 4. The van der Waals surface area contributed by atoms with E-state index < -0.39 is 10.0 Å². The van der Waals surface area contributed by atoms with Crippen LogP contribution in [0.15, 0.2) is 23.1 Å². The van der Waals surface area contributed by atoms with Crippen LogP contribution in [0.3, 0.4) is 0 Å². The van der Waals surface area contributed by atoms with Gasteiger partial charge >= 0.3 is 0 Å². The summed E-state index contributed by atoms with van der Waals surface area (Å²) in [6, 6.07) is 5.02. The van der Waals surface area contributed by atoms with Crippen molar-refractivity contribution in [1.29, 1.82) is 0 Å². The second-order valence-corrected chi connectivity index (χ2v) is 7.24. The van der Waals surface area contributed by atoms with Crippen LogP contribution in [0.2, 0.25) is 0 Å². The van der Waals surface area contributed by atoms with Crippen molar-refractivity contribution in [2.45, 2.75) is 25.2 Å². The van der Waals surface area contributed by atoms with Crippen LogP contribution in [0, 0.1) is 18.8 Å². The number of nitrogens with zero attached hydrogens (tertiary/aromatic N) is 1. The molecule has 0 amide bonds. The lowest BCUT2D eigenvalue weighted by atomic mass is 10.2. The number of benzene rings is 1. The zero-order chi connectivity index (χ0) is 13.5. The van der Waals surface area contributed by atoms with Gasteiger partial charge in [-0.3, -0.25) is 0 Å². The van der Waals surface area contributed by atoms with Crippen LogP contribution in [0.5, 0.6) is 0 Å². The van der Waals surface area contributed by atoms with Gasteiger partial charge in [-0.05, 0) is 42.9 Å². The number of sulfonamides is 1. The lowest BCUT2D eigenvalue weighted by Crippen LogP contribution is -2.29. The summed E-state index contributed by atoms with van der Waals surface area (Å²) in [6.45, 7) is 4.49. The number of hydrogen-bond donors (Lipinski definition) is 1. The molecule has 0 spiro atoms. The van der Waals surface area contributed by atoms with Gasteiger partial charge in [0.15, 0.2) is 0 Å². The first-order chi connectivity index (χ1) is 8.34. The van der Waals surface area contributed by atoms with Crippen LogP contribution >= 0.6 is 0 Å². The lowest BCUT2D eigenvalue weighted by Gasteiger charge is -2.19. The zero-order valence-electron chi connectivity index (χ0n) is 11.1. The van der Waals surface area contributed by atoms with E-state index in [4.69, 9.17) is 5.73 Å². The standard InChI is InChI=1S/C13H20N2O2S/c1-9-7-11(9)8-15(3)18(16,17)13-6-4-5-12(14)10(13)2/h4-6,9,11H,7-8,14H2,1-3H3. The van der Waals surface area contributed by atoms with Crippen molar-refractivity contribution in [1.82, 2.24) is 4.31 Å². The van der Waals surface area contributed by atoms with Crippen LogP contribution in [-0.2, 0) is 10.0 Å². The Morgan fingerprint density at radius 3 is 2.61 bits per heavy atom. The summed E-state index contributed by atoms with van der Waals surface area (Å²) in [7, 11) is -1.78. The normalized spacial score (nSPS) is 23.3. The van der Waals surface area contributed by atoms with Gasteiger partial charge in [0.2, 0.25) is 10.0 Å². The lowest BCUT2D eigenvalue weighted by molar-refractivity contribution is 0.444. The Hall–Kier alpha value is -1.07. The van der Waals surface area contributed by atoms with E-state index >= 15 is 0 Å². The van der Waals surface area contributed by atoms with Gasteiger partial charge in [0.05, 0.1) is 4.90 Å². The maximum Gasteiger partial charge on any atom is 0.243 e. The van der Waals surface area contributed by atoms with Crippen molar-refractivity contribution in [3.63, 3.8) is 0 Å². The highest BCUT2D eigenvalue weighted by Gasteiger charge is 2.36. The minimum atomic E-state index is -3.42. The Morgan fingerprint density at radius 2 is 2.06 bits per heavy atom. The van der Waals surface area contributed by atoms with Crippen molar-refractivity contribution >= 4 is 15.7 Å². The molecule has 0 bridgehead atoms. The molecule has 2 unspecified atom stereocenters. The maximum atomic E-state index is 12.4. The molecule has 5 heteroatoms. The van der Waals surface area contributed by atoms with Crippen molar-refractivity contribution in [3.8, 4) is 0 Å². The van der Waals surface area contributed by atoms with Crippen molar-refractivity contribution < 1.29 is 8.42 Å². The van der Waals surface area contributed by atoms with Gasteiger partial charge in [-0.1, -0.05) is 13.0 Å². The molecule has 1 saturated carbocycles. The Bertz CT molecular complexity index is 554. The number of anilines is 1. The Balaban J connectivity index is 2.27. The molecule has 1 aromatic rings. The van der Waals surface area contributed by atoms with Crippen LogP contribution < -0.4 is 5.73 Å². The Kier molecular flexibility index (Phi) is 3.38. The summed E-state index contributed by atoms with van der Waals surface area (Å²) in [5.41, 5.74) is 6.92. The van der Waals surface area contributed by atoms with Crippen molar-refractivity contribution in [3.05, 3.63) is 23.8 Å². The average Bonchev–Trinajstić information content (AvgIpc) is 2.98. The quantitative estimate of drug-likeness (QED) is 0.848. The van der Waals surface area contributed by atoms with E-state index in [0.29, 0.717) is 34.5 Å². The molecule has 0 aromatic heterocycles. The van der Waals surface area contributed by atoms with Crippen LogP contribution in [0.4, 0.5) is 5.69 Å². The topological polar surface area (TPSA) is 63.4 Å². The van der Waals surface area contributed by atoms with Gasteiger partial charge in [0, 0.05) is 19.3 Å². The van der Waals surface area contributed by atoms with Crippen LogP contribution in [0.1, 0.15) is 18.9 Å². The molecule has 100 valence electrons. The summed E-state index contributed by atoms with van der Waals surface area (Å²) in [5, 5.41) is 0. The van der Waals surface area contributed by atoms with Gasteiger partial charge < -0.3 is 5.73 Å². The van der Waals surface area contributed by atoms with E-state index in [2.05, 4.69) is 6.92 Å². The molecule has 2 N–H and O–H groups in total. The third-order valence-corrected chi connectivity index (χ3v) is 5.75. The van der Waals surface area contributed by atoms with Gasteiger partial charge in [-0.2, -0.15) is 0 Å². The number of hydrogen-bond acceptors (Lipinski definition) is 3. The van der Waals surface area contributed by atoms with Gasteiger partial charge in [-0.25, -0.2) is 12.7 Å². The SMILES string of the molecule is Cc1c(N)cccc1S(=O)(=O)N(C)CC1CC1C. The molecule has 2 rings (SSSR count). The predicted molar refractivity (Wildman–Crippen MR) is 72.7 cm³/mol. The summed E-state index contributed by atoms with van der Waals surface area (Å²) in [5.74, 6) is 1.15. The zero-order valence-corrected chi connectivity index (χ0v) is 11.9. The van der Waals surface area contributed by atoms with Crippen LogP contribution in [0.25, 0.3) is 0 Å². The second-order valence-electron chi connectivity index (χ2n) is 5.23. The monoisotopic (exact) mass is 268 g/mol. The Morgan fingerprint density at radius 1 is 1.44 bits per heavy atom. The van der Waals surface area contributed by atoms with E-state index in [-0.39, 0.29) is 0 Å². The molecular weight excluding hydrogens is 248 g/mol. The molecule has 0 heterocycles. The molecule has 1 fully saturated rings. The second kappa shape index (κ2) is 4.55. The summed E-state index contributed by atoms with van der Waals surface area (Å²) in [6.07, 6.45) is 1.12. The number of nitrogens with two attached hydrogens (primary N) is 1. The van der Waals surface area contributed by atoms with E-state index in [0.717, 1.165) is 6.42 Å². The first-order valence-electron chi connectivity index (χ1n) is 6.15. The van der Waals surface area contributed by atoms with E-state index in [1.165, 1.54) is 4.31 Å². The van der Waals surface area contributed by atoms with E-state index in [1.807, 2.05) is 0 Å². The summed E-state index contributed by atoms with van der Waals surface area (Å²) < 4.78 is 26.3. The third-order valence-electron chi connectivity index (χ3n) is 3.78. The molecule has 4 nitrogen and oxygen atoms in total. The van der Waals surface area contributed by atoms with Gasteiger partial charge in [0.25, 0.3) is 0 Å². The smallest absolute Gasteiger partial charge is 0.243 e. The molecule has 1 aliphatic carbocycles. The van der Waals surface area contributed by atoms with E-state index in [9.17, 15) is 8.42 Å². The minimum absolute atomic E-state index is 0.318. The Labute approximate surface area is 109 Å². The number of nitrogen functional groups attached to an aromatic ring is 1. The fraction of sp³-hybridized carbons (Fsp3) is 0.538. The highest BCUT2D eigenvalue weighted by atomic mass is 32.2. The largest absolute Gasteiger partial charge is 0.398 e. The fourth-order valence-electron chi connectivity index (χ4n) is 2.16. The highest BCUT2D eigenvalue weighted by molar-refractivity contribution is 7.89. The third kappa shape index (κ3) is 2.37. The first-order valence-corrected chi connectivity index (χ1v) is 7.59. The molecule has 1 aromatic carbocycles. The highest BCUT2D eigenvalue weighted by Crippen LogP contribution is 2.39. The molecule has 0 radical (unpaired) electrons. The maximum absolute atomic E-state index is 12.4. The molecule has 0 saturated heterocycles. The summed E-state index contributed by atoms with van der Waals surface area (Å²) in [4.78, 5) is 0.318.